The normalized spacial score (nSPS) is 12.4. The van der Waals surface area contributed by atoms with Crippen LogP contribution in [-0.4, -0.2) is 42.3 Å². The molecule has 0 fully saturated rings. The van der Waals surface area contributed by atoms with Crippen molar-refractivity contribution in [1.82, 2.24) is 15.6 Å². The van der Waals surface area contributed by atoms with Crippen molar-refractivity contribution in [3.63, 3.8) is 0 Å². The number of aliphatic hydroxyl groups excluding tert-OH is 1. The Morgan fingerprint density at radius 1 is 1.28 bits per heavy atom. The van der Waals surface area contributed by atoms with Crippen molar-refractivity contribution in [2.24, 2.45) is 4.99 Å². The zero-order chi connectivity index (χ0) is 17.2. The lowest BCUT2D eigenvalue weighted by Crippen LogP contribution is -2.38. The molecule has 0 radical (unpaired) electrons. The number of aryl methyl sites for hydroxylation is 1. The molecular formula is C18H27IN4OS. The summed E-state index contributed by atoms with van der Waals surface area (Å²) in [6.45, 7) is 6.28. The first kappa shape index (κ1) is 21.9. The minimum atomic E-state index is 0. The average Bonchev–Trinajstić information content (AvgIpc) is 3.01. The fourth-order valence-electron chi connectivity index (χ4n) is 2.37. The zero-order valence-electron chi connectivity index (χ0n) is 14.7. The molecule has 25 heavy (non-hydrogen) atoms. The summed E-state index contributed by atoms with van der Waals surface area (Å²) >= 11 is 1.68. The highest BCUT2D eigenvalue weighted by Crippen LogP contribution is 2.14. The van der Waals surface area contributed by atoms with Crippen LogP contribution in [0.25, 0.3) is 0 Å². The Morgan fingerprint density at radius 3 is 2.64 bits per heavy atom. The number of aliphatic imine (C=N–C) groups is 1. The first-order valence-electron chi connectivity index (χ1n) is 8.32. The summed E-state index contributed by atoms with van der Waals surface area (Å²) in [5, 5.41) is 19.4. The zero-order valence-corrected chi connectivity index (χ0v) is 17.9. The van der Waals surface area contributed by atoms with Gasteiger partial charge in [-0.05, 0) is 19.4 Å². The van der Waals surface area contributed by atoms with Crippen LogP contribution in [0.3, 0.4) is 0 Å². The number of hydrogen-bond acceptors (Lipinski definition) is 4. The number of guanidine groups is 1. The molecule has 1 aromatic heterocycles. The van der Waals surface area contributed by atoms with Gasteiger partial charge in [0.1, 0.15) is 0 Å². The third kappa shape index (κ3) is 7.70. The second kappa shape index (κ2) is 12.2. The number of rotatable bonds is 8. The first-order valence-corrected chi connectivity index (χ1v) is 9.20. The van der Waals surface area contributed by atoms with Gasteiger partial charge in [0.05, 0.1) is 23.9 Å². The Balaban J connectivity index is 0.00000312. The fourth-order valence-corrected chi connectivity index (χ4v) is 3.02. The van der Waals surface area contributed by atoms with Gasteiger partial charge in [-0.15, -0.1) is 35.3 Å². The van der Waals surface area contributed by atoms with Crippen LogP contribution < -0.4 is 10.6 Å². The van der Waals surface area contributed by atoms with Crippen molar-refractivity contribution in [1.29, 1.82) is 0 Å². The molecule has 0 aliphatic heterocycles. The molecule has 1 unspecified atom stereocenters. The summed E-state index contributed by atoms with van der Waals surface area (Å²) in [4.78, 5) is 9.08. The van der Waals surface area contributed by atoms with E-state index < -0.39 is 0 Å². The Morgan fingerprint density at radius 2 is 2.04 bits per heavy atom. The molecule has 0 aliphatic carbocycles. The summed E-state index contributed by atoms with van der Waals surface area (Å²) in [6, 6.07) is 10.0. The Hall–Kier alpha value is -1.19. The predicted octanol–water partition coefficient (Wildman–Crippen LogP) is 2.94. The van der Waals surface area contributed by atoms with Gasteiger partial charge in [-0.2, -0.15) is 0 Å². The van der Waals surface area contributed by atoms with E-state index in [0.29, 0.717) is 6.54 Å². The molecule has 1 atom stereocenters. The monoisotopic (exact) mass is 474 g/mol. The molecule has 3 N–H and O–H groups in total. The number of aromatic nitrogens is 1. The molecule has 138 valence electrons. The Labute approximate surface area is 171 Å². The molecule has 0 spiro atoms. The Kier molecular flexibility index (Phi) is 10.7. The van der Waals surface area contributed by atoms with Crippen molar-refractivity contribution in [2.75, 3.05) is 26.2 Å². The van der Waals surface area contributed by atoms with E-state index in [1.54, 1.807) is 11.3 Å². The molecule has 7 heteroatoms. The van der Waals surface area contributed by atoms with Crippen molar-refractivity contribution >= 4 is 41.3 Å². The fraction of sp³-hybridized carbons (Fsp3) is 0.444. The standard InChI is InChI=1S/C18H26N4OS.HI/c1-3-19-18(20-10-9-17-13-24-14(2)22-17)21-11-16(12-23)15-7-5-4-6-8-15;/h4-8,13,16,23H,3,9-12H2,1-2H3,(H2,19,20,21);1H. The number of hydrogen-bond donors (Lipinski definition) is 3. The Bertz CT molecular complexity index is 633. The van der Waals surface area contributed by atoms with Crippen LogP contribution in [-0.2, 0) is 6.42 Å². The third-order valence-electron chi connectivity index (χ3n) is 3.65. The lowest BCUT2D eigenvalue weighted by molar-refractivity contribution is 0.268. The topological polar surface area (TPSA) is 69.5 Å². The number of aliphatic hydroxyl groups is 1. The maximum Gasteiger partial charge on any atom is 0.191 e. The molecule has 2 aromatic rings. The number of nitrogens with zero attached hydrogens (tertiary/aromatic N) is 2. The van der Waals surface area contributed by atoms with Crippen molar-refractivity contribution < 1.29 is 5.11 Å². The molecular weight excluding hydrogens is 447 g/mol. The molecule has 1 aromatic carbocycles. The quantitative estimate of drug-likeness (QED) is 0.313. The van der Waals surface area contributed by atoms with Crippen LogP contribution in [0.2, 0.25) is 0 Å². The van der Waals surface area contributed by atoms with Crippen molar-refractivity contribution in [3.8, 4) is 0 Å². The minimum Gasteiger partial charge on any atom is -0.396 e. The predicted molar refractivity (Wildman–Crippen MR) is 116 cm³/mol. The lowest BCUT2D eigenvalue weighted by Gasteiger charge is -2.15. The highest BCUT2D eigenvalue weighted by atomic mass is 127. The first-order chi connectivity index (χ1) is 11.7. The number of halogens is 1. The SMILES string of the molecule is CCNC(=NCC(CO)c1ccccc1)NCCc1csc(C)n1.I. The van der Waals surface area contributed by atoms with Gasteiger partial charge >= 0.3 is 0 Å². The van der Waals surface area contributed by atoms with E-state index in [0.717, 1.165) is 41.7 Å². The van der Waals surface area contributed by atoms with Gasteiger partial charge < -0.3 is 15.7 Å². The van der Waals surface area contributed by atoms with E-state index >= 15 is 0 Å². The largest absolute Gasteiger partial charge is 0.396 e. The van der Waals surface area contributed by atoms with Crippen LogP contribution in [0.5, 0.6) is 0 Å². The van der Waals surface area contributed by atoms with Crippen LogP contribution >= 0.6 is 35.3 Å². The van der Waals surface area contributed by atoms with Gasteiger partial charge in [-0.1, -0.05) is 30.3 Å². The highest BCUT2D eigenvalue weighted by molar-refractivity contribution is 14.0. The summed E-state index contributed by atoms with van der Waals surface area (Å²) in [5.74, 6) is 0.793. The van der Waals surface area contributed by atoms with E-state index in [4.69, 9.17) is 0 Å². The van der Waals surface area contributed by atoms with Crippen LogP contribution in [0.15, 0.2) is 40.7 Å². The molecule has 5 nitrogen and oxygen atoms in total. The molecule has 1 heterocycles. The molecule has 0 amide bonds. The number of thiazole rings is 1. The van der Waals surface area contributed by atoms with Gasteiger partial charge in [0, 0.05) is 30.8 Å². The average molecular weight is 474 g/mol. The van der Waals surface area contributed by atoms with Gasteiger partial charge in [0.15, 0.2) is 5.96 Å². The second-order valence-electron chi connectivity index (χ2n) is 5.54. The van der Waals surface area contributed by atoms with E-state index in [-0.39, 0.29) is 36.5 Å². The molecule has 2 rings (SSSR count). The van der Waals surface area contributed by atoms with E-state index in [2.05, 4.69) is 26.0 Å². The van der Waals surface area contributed by atoms with Gasteiger partial charge in [0.25, 0.3) is 0 Å². The second-order valence-corrected chi connectivity index (χ2v) is 6.61. The maximum atomic E-state index is 9.63. The third-order valence-corrected chi connectivity index (χ3v) is 4.47. The molecule has 0 bridgehead atoms. The van der Waals surface area contributed by atoms with E-state index in [1.165, 1.54) is 0 Å². The summed E-state index contributed by atoms with van der Waals surface area (Å²) in [7, 11) is 0. The summed E-state index contributed by atoms with van der Waals surface area (Å²) < 4.78 is 0. The summed E-state index contributed by atoms with van der Waals surface area (Å²) in [5.41, 5.74) is 2.22. The van der Waals surface area contributed by atoms with Crippen LogP contribution in [0.1, 0.15) is 29.1 Å². The van der Waals surface area contributed by atoms with Crippen molar-refractivity contribution in [2.45, 2.75) is 26.2 Å². The van der Waals surface area contributed by atoms with Gasteiger partial charge in [-0.3, -0.25) is 4.99 Å². The maximum absolute atomic E-state index is 9.63. The number of nitrogens with one attached hydrogen (secondary N) is 2. The number of benzene rings is 1. The lowest BCUT2D eigenvalue weighted by atomic mass is 10.0. The van der Waals surface area contributed by atoms with Crippen LogP contribution in [0.4, 0.5) is 0 Å². The van der Waals surface area contributed by atoms with E-state index in [9.17, 15) is 5.11 Å². The molecule has 0 saturated heterocycles. The van der Waals surface area contributed by atoms with Gasteiger partial charge in [0.2, 0.25) is 0 Å². The van der Waals surface area contributed by atoms with Gasteiger partial charge in [-0.25, -0.2) is 4.98 Å². The minimum absolute atomic E-state index is 0. The highest BCUT2D eigenvalue weighted by Gasteiger charge is 2.10. The van der Waals surface area contributed by atoms with E-state index in [1.807, 2.05) is 44.2 Å². The van der Waals surface area contributed by atoms with Crippen LogP contribution in [0, 0.1) is 6.92 Å². The molecule has 0 aliphatic rings. The molecule has 0 saturated carbocycles. The summed E-state index contributed by atoms with van der Waals surface area (Å²) in [6.07, 6.45) is 0.872. The van der Waals surface area contributed by atoms with Crippen molar-refractivity contribution in [3.05, 3.63) is 52.0 Å². The smallest absolute Gasteiger partial charge is 0.191 e.